The Balaban J connectivity index is 1.46. The molecule has 0 spiro atoms. The van der Waals surface area contributed by atoms with Crippen molar-refractivity contribution in [3.63, 3.8) is 0 Å². The molecule has 0 aliphatic heterocycles. The van der Waals surface area contributed by atoms with Gasteiger partial charge in [-0.25, -0.2) is 0 Å². The molecule has 0 aliphatic rings. The van der Waals surface area contributed by atoms with Gasteiger partial charge >= 0.3 is 0 Å². The first-order valence-electron chi connectivity index (χ1n) is 9.31. The molecule has 3 N–H and O–H groups in total. The summed E-state index contributed by atoms with van der Waals surface area (Å²) in [6.45, 7) is 2.27. The first kappa shape index (κ1) is 21.1. The molecule has 8 heteroatoms. The molecule has 3 rings (SSSR count). The van der Waals surface area contributed by atoms with E-state index in [2.05, 4.69) is 16.0 Å². The zero-order chi connectivity index (χ0) is 21.3. The Morgan fingerprint density at radius 3 is 2.13 bits per heavy atom. The summed E-state index contributed by atoms with van der Waals surface area (Å²) in [5.41, 5.74) is 1.62. The van der Waals surface area contributed by atoms with Crippen LogP contribution in [0.3, 0.4) is 0 Å². The molecule has 0 aliphatic carbocycles. The number of thiophene rings is 1. The molecule has 154 valence electrons. The van der Waals surface area contributed by atoms with Gasteiger partial charge in [-0.05, 0) is 66.9 Å². The van der Waals surface area contributed by atoms with Crippen molar-refractivity contribution in [3.05, 3.63) is 76.5 Å². The van der Waals surface area contributed by atoms with E-state index < -0.39 is 0 Å². The van der Waals surface area contributed by atoms with E-state index in [1.54, 1.807) is 54.6 Å². The summed E-state index contributed by atoms with van der Waals surface area (Å²) in [5.74, 6) is -0.204. The van der Waals surface area contributed by atoms with Gasteiger partial charge < -0.3 is 20.7 Å². The summed E-state index contributed by atoms with van der Waals surface area (Å²) in [7, 11) is 0. The smallest absolute Gasteiger partial charge is 0.265 e. The Hall–Kier alpha value is -3.65. The number of amides is 3. The van der Waals surface area contributed by atoms with E-state index in [0.29, 0.717) is 34.2 Å². The van der Waals surface area contributed by atoms with Crippen molar-refractivity contribution in [2.24, 2.45) is 0 Å². The van der Waals surface area contributed by atoms with Crippen LogP contribution in [0.4, 0.5) is 11.4 Å². The van der Waals surface area contributed by atoms with E-state index >= 15 is 0 Å². The number of carbonyl (C=O) groups excluding carboxylic acids is 3. The van der Waals surface area contributed by atoms with Crippen molar-refractivity contribution in [1.29, 1.82) is 0 Å². The van der Waals surface area contributed by atoms with Gasteiger partial charge in [0.1, 0.15) is 5.75 Å². The SMILES string of the molecule is CCOc1ccc(C(=O)NCC(=O)Nc2ccc(NC(=O)c3cccs3)cc2)cc1. The van der Waals surface area contributed by atoms with E-state index in [4.69, 9.17) is 4.74 Å². The molecule has 1 aromatic heterocycles. The zero-order valence-electron chi connectivity index (χ0n) is 16.3. The van der Waals surface area contributed by atoms with Gasteiger partial charge in [0.2, 0.25) is 5.91 Å². The van der Waals surface area contributed by atoms with Crippen LogP contribution >= 0.6 is 11.3 Å². The van der Waals surface area contributed by atoms with E-state index in [-0.39, 0.29) is 24.3 Å². The van der Waals surface area contributed by atoms with E-state index in [0.717, 1.165) is 0 Å². The minimum absolute atomic E-state index is 0.164. The molecular weight excluding hydrogens is 402 g/mol. The third-order valence-corrected chi connectivity index (χ3v) is 4.88. The molecule has 7 nitrogen and oxygen atoms in total. The third kappa shape index (κ3) is 5.92. The zero-order valence-corrected chi connectivity index (χ0v) is 17.1. The molecule has 3 amide bonds. The quantitative estimate of drug-likeness (QED) is 0.514. The van der Waals surface area contributed by atoms with Gasteiger partial charge in [0.25, 0.3) is 11.8 Å². The third-order valence-electron chi connectivity index (χ3n) is 4.01. The van der Waals surface area contributed by atoms with Gasteiger partial charge in [0, 0.05) is 16.9 Å². The largest absolute Gasteiger partial charge is 0.494 e. The molecule has 2 aromatic carbocycles. The van der Waals surface area contributed by atoms with E-state index in [1.807, 2.05) is 18.4 Å². The van der Waals surface area contributed by atoms with Crippen molar-refractivity contribution >= 4 is 40.4 Å². The molecule has 30 heavy (non-hydrogen) atoms. The summed E-state index contributed by atoms with van der Waals surface area (Å²) >= 11 is 1.36. The minimum atomic E-state index is -0.357. The van der Waals surface area contributed by atoms with Crippen LogP contribution in [0.5, 0.6) is 5.75 Å². The Morgan fingerprint density at radius 2 is 1.53 bits per heavy atom. The Bertz CT molecular complexity index is 1000. The van der Waals surface area contributed by atoms with Gasteiger partial charge in [0.15, 0.2) is 0 Å². The standard InChI is InChI=1S/C22H21N3O4S/c1-2-29-18-11-5-15(6-12-18)21(27)23-14-20(26)24-16-7-9-17(10-8-16)25-22(28)19-4-3-13-30-19/h3-13H,2,14H2,1H3,(H,23,27)(H,24,26)(H,25,28). The van der Waals surface area contributed by atoms with Crippen LogP contribution in [0.25, 0.3) is 0 Å². The highest BCUT2D eigenvalue weighted by Gasteiger charge is 2.10. The second-order valence-electron chi connectivity index (χ2n) is 6.20. The molecule has 0 bridgehead atoms. The summed E-state index contributed by atoms with van der Waals surface area (Å²) < 4.78 is 5.33. The van der Waals surface area contributed by atoms with Crippen molar-refractivity contribution in [2.75, 3.05) is 23.8 Å². The number of anilines is 2. The van der Waals surface area contributed by atoms with Crippen LogP contribution in [0.2, 0.25) is 0 Å². The Labute approximate surface area is 178 Å². The maximum absolute atomic E-state index is 12.1. The van der Waals surface area contributed by atoms with Gasteiger partial charge in [-0.2, -0.15) is 0 Å². The molecule has 0 saturated heterocycles. The molecule has 0 atom stereocenters. The maximum atomic E-state index is 12.1. The van der Waals surface area contributed by atoms with Crippen molar-refractivity contribution in [2.45, 2.75) is 6.92 Å². The lowest BCUT2D eigenvalue weighted by atomic mass is 10.2. The van der Waals surface area contributed by atoms with Gasteiger partial charge in [-0.15, -0.1) is 11.3 Å². The van der Waals surface area contributed by atoms with Crippen molar-refractivity contribution in [3.8, 4) is 5.75 Å². The fourth-order valence-electron chi connectivity index (χ4n) is 2.57. The van der Waals surface area contributed by atoms with E-state index in [9.17, 15) is 14.4 Å². The number of hydrogen-bond donors (Lipinski definition) is 3. The summed E-state index contributed by atoms with van der Waals surface area (Å²) in [5, 5.41) is 9.90. The number of carbonyl (C=O) groups is 3. The molecular formula is C22H21N3O4S. The topological polar surface area (TPSA) is 96.5 Å². The summed E-state index contributed by atoms with van der Waals surface area (Å²) in [6, 6.07) is 17.0. The van der Waals surface area contributed by atoms with E-state index in [1.165, 1.54) is 11.3 Å². The molecule has 0 saturated carbocycles. The molecule has 0 radical (unpaired) electrons. The fraction of sp³-hybridized carbons (Fsp3) is 0.136. The van der Waals surface area contributed by atoms with Crippen LogP contribution in [0.15, 0.2) is 66.0 Å². The normalized spacial score (nSPS) is 10.2. The summed E-state index contributed by atoms with van der Waals surface area (Å²) in [6.07, 6.45) is 0. The highest BCUT2D eigenvalue weighted by Crippen LogP contribution is 2.16. The molecule has 0 unspecified atom stereocenters. The minimum Gasteiger partial charge on any atom is -0.494 e. The maximum Gasteiger partial charge on any atom is 0.265 e. The number of nitrogens with one attached hydrogen (secondary N) is 3. The first-order chi connectivity index (χ1) is 14.5. The molecule has 1 heterocycles. The highest BCUT2D eigenvalue weighted by molar-refractivity contribution is 7.12. The monoisotopic (exact) mass is 423 g/mol. The lowest BCUT2D eigenvalue weighted by Crippen LogP contribution is -2.32. The second-order valence-corrected chi connectivity index (χ2v) is 7.14. The fourth-order valence-corrected chi connectivity index (χ4v) is 3.19. The number of benzene rings is 2. The number of ether oxygens (including phenoxy) is 1. The van der Waals surface area contributed by atoms with Gasteiger partial charge in [-0.3, -0.25) is 14.4 Å². The lowest BCUT2D eigenvalue weighted by molar-refractivity contribution is -0.115. The summed E-state index contributed by atoms with van der Waals surface area (Å²) in [4.78, 5) is 36.9. The van der Waals surface area contributed by atoms with Crippen molar-refractivity contribution < 1.29 is 19.1 Å². The average molecular weight is 423 g/mol. The average Bonchev–Trinajstić information content (AvgIpc) is 3.29. The predicted octanol–water partition coefficient (Wildman–Crippen LogP) is 3.77. The van der Waals surface area contributed by atoms with Gasteiger partial charge in [-0.1, -0.05) is 6.07 Å². The van der Waals surface area contributed by atoms with Crippen LogP contribution in [0, 0.1) is 0 Å². The van der Waals surface area contributed by atoms with Crippen molar-refractivity contribution in [1.82, 2.24) is 5.32 Å². The predicted molar refractivity (Wildman–Crippen MR) is 117 cm³/mol. The number of hydrogen-bond acceptors (Lipinski definition) is 5. The van der Waals surface area contributed by atoms with Gasteiger partial charge in [0.05, 0.1) is 18.0 Å². The second kappa shape index (κ2) is 10.2. The van der Waals surface area contributed by atoms with Crippen LogP contribution < -0.4 is 20.7 Å². The van der Waals surface area contributed by atoms with Crippen LogP contribution in [-0.2, 0) is 4.79 Å². The van der Waals surface area contributed by atoms with Crippen LogP contribution in [-0.4, -0.2) is 30.9 Å². The Kier molecular flexibility index (Phi) is 7.18. The highest BCUT2D eigenvalue weighted by atomic mass is 32.1. The van der Waals surface area contributed by atoms with Crippen LogP contribution in [0.1, 0.15) is 27.0 Å². The molecule has 3 aromatic rings. The molecule has 0 fully saturated rings. The first-order valence-corrected chi connectivity index (χ1v) is 10.2. The number of rotatable bonds is 8. The Morgan fingerprint density at radius 1 is 0.867 bits per heavy atom. The lowest BCUT2D eigenvalue weighted by Gasteiger charge is -2.09.